The Morgan fingerprint density at radius 1 is 1.42 bits per heavy atom. The lowest BCUT2D eigenvalue weighted by atomic mass is 10.1. The second-order valence-corrected chi connectivity index (χ2v) is 4.18. The summed E-state index contributed by atoms with van der Waals surface area (Å²) in [6, 6.07) is 0.651. The van der Waals surface area contributed by atoms with Crippen LogP contribution in [0.3, 0.4) is 0 Å². The number of hydrogen-bond donors (Lipinski definition) is 1. The molecule has 1 heterocycles. The first kappa shape index (κ1) is 8.09. The Kier molecular flexibility index (Phi) is 2.07. The van der Waals surface area contributed by atoms with Crippen LogP contribution in [0.4, 0.5) is 0 Å². The fraction of sp³-hybridized carbons (Fsp3) is 0.900. The molecule has 0 amide bonds. The van der Waals surface area contributed by atoms with Crippen LogP contribution in [0.1, 0.15) is 39.0 Å². The number of amidine groups is 1. The van der Waals surface area contributed by atoms with Crippen molar-refractivity contribution in [3.05, 3.63) is 0 Å². The molecule has 1 saturated carbocycles. The minimum absolute atomic E-state index is 0.651. The molecule has 0 bridgehead atoms. The first-order valence-electron chi connectivity index (χ1n) is 5.13. The van der Waals surface area contributed by atoms with Gasteiger partial charge in [-0.05, 0) is 38.5 Å². The van der Waals surface area contributed by atoms with Crippen molar-refractivity contribution in [1.29, 1.82) is 5.41 Å². The van der Waals surface area contributed by atoms with Gasteiger partial charge in [-0.1, -0.05) is 0 Å². The van der Waals surface area contributed by atoms with Crippen molar-refractivity contribution < 1.29 is 0 Å². The third kappa shape index (κ3) is 1.47. The predicted octanol–water partition coefficient (Wildman–Crippen LogP) is 2.25. The summed E-state index contributed by atoms with van der Waals surface area (Å²) in [5.41, 5.74) is 0. The molecule has 1 saturated heterocycles. The van der Waals surface area contributed by atoms with Crippen molar-refractivity contribution in [3.8, 4) is 0 Å². The zero-order valence-corrected chi connectivity index (χ0v) is 7.84. The molecule has 1 atom stereocenters. The SMILES string of the molecule is CC(C1CC1)N1CCCCC1=N. The van der Waals surface area contributed by atoms with E-state index >= 15 is 0 Å². The zero-order chi connectivity index (χ0) is 8.55. The summed E-state index contributed by atoms with van der Waals surface area (Å²) < 4.78 is 0. The van der Waals surface area contributed by atoms with Crippen molar-refractivity contribution in [2.75, 3.05) is 6.54 Å². The van der Waals surface area contributed by atoms with Crippen molar-refractivity contribution >= 4 is 5.84 Å². The number of rotatable bonds is 2. The van der Waals surface area contributed by atoms with Gasteiger partial charge >= 0.3 is 0 Å². The van der Waals surface area contributed by atoms with E-state index in [1.807, 2.05) is 0 Å². The van der Waals surface area contributed by atoms with Gasteiger partial charge in [-0.15, -0.1) is 0 Å². The van der Waals surface area contributed by atoms with E-state index in [0.717, 1.165) is 24.7 Å². The minimum Gasteiger partial charge on any atom is -0.358 e. The van der Waals surface area contributed by atoms with Crippen molar-refractivity contribution in [2.45, 2.75) is 45.1 Å². The van der Waals surface area contributed by atoms with E-state index in [2.05, 4.69) is 11.8 Å². The summed E-state index contributed by atoms with van der Waals surface area (Å²) in [5, 5.41) is 7.82. The highest BCUT2D eigenvalue weighted by Crippen LogP contribution is 2.36. The number of nitrogens with zero attached hydrogens (tertiary/aromatic N) is 1. The normalized spacial score (nSPS) is 27.4. The molecule has 0 aromatic rings. The van der Waals surface area contributed by atoms with Gasteiger partial charge in [-0.2, -0.15) is 0 Å². The lowest BCUT2D eigenvalue weighted by Gasteiger charge is -2.35. The molecule has 12 heavy (non-hydrogen) atoms. The molecule has 1 aliphatic carbocycles. The summed E-state index contributed by atoms with van der Waals surface area (Å²) in [7, 11) is 0. The summed E-state index contributed by atoms with van der Waals surface area (Å²) >= 11 is 0. The molecule has 1 N–H and O–H groups in total. The monoisotopic (exact) mass is 166 g/mol. The number of likely N-dealkylation sites (tertiary alicyclic amines) is 1. The summed E-state index contributed by atoms with van der Waals surface area (Å²) in [6.45, 7) is 3.42. The maximum absolute atomic E-state index is 7.82. The highest BCUT2D eigenvalue weighted by Gasteiger charge is 2.33. The fourth-order valence-corrected chi connectivity index (χ4v) is 2.14. The lowest BCUT2D eigenvalue weighted by molar-refractivity contribution is 0.271. The Morgan fingerprint density at radius 3 is 2.75 bits per heavy atom. The van der Waals surface area contributed by atoms with Gasteiger partial charge in [0.2, 0.25) is 0 Å². The van der Waals surface area contributed by atoms with E-state index in [9.17, 15) is 0 Å². The Labute approximate surface area is 74.5 Å². The van der Waals surface area contributed by atoms with Crippen LogP contribution in [0.2, 0.25) is 0 Å². The molecule has 2 rings (SSSR count). The lowest BCUT2D eigenvalue weighted by Crippen LogP contribution is -2.42. The van der Waals surface area contributed by atoms with Crippen LogP contribution in [0.5, 0.6) is 0 Å². The molecule has 68 valence electrons. The van der Waals surface area contributed by atoms with Gasteiger partial charge in [-0.25, -0.2) is 0 Å². The van der Waals surface area contributed by atoms with Gasteiger partial charge in [0.25, 0.3) is 0 Å². The maximum atomic E-state index is 7.82. The Hall–Kier alpha value is -0.530. The van der Waals surface area contributed by atoms with Crippen LogP contribution < -0.4 is 0 Å². The van der Waals surface area contributed by atoms with E-state index in [1.54, 1.807) is 0 Å². The second-order valence-electron chi connectivity index (χ2n) is 4.18. The summed E-state index contributed by atoms with van der Waals surface area (Å²) in [5.74, 6) is 1.80. The van der Waals surface area contributed by atoms with Crippen LogP contribution in [0.15, 0.2) is 0 Å². The van der Waals surface area contributed by atoms with E-state index in [4.69, 9.17) is 5.41 Å². The van der Waals surface area contributed by atoms with Gasteiger partial charge in [0, 0.05) is 19.0 Å². The largest absolute Gasteiger partial charge is 0.358 e. The molecule has 0 aromatic heterocycles. The van der Waals surface area contributed by atoms with Crippen LogP contribution in [0, 0.1) is 11.3 Å². The van der Waals surface area contributed by atoms with Crippen molar-refractivity contribution in [2.24, 2.45) is 5.92 Å². The molecule has 0 radical (unpaired) electrons. The first-order valence-corrected chi connectivity index (χ1v) is 5.13. The highest BCUT2D eigenvalue weighted by atomic mass is 15.2. The van der Waals surface area contributed by atoms with Gasteiger partial charge in [0.05, 0.1) is 5.84 Å². The van der Waals surface area contributed by atoms with E-state index < -0.39 is 0 Å². The minimum atomic E-state index is 0.651. The molecule has 0 spiro atoms. The fourth-order valence-electron chi connectivity index (χ4n) is 2.14. The Morgan fingerprint density at radius 2 is 2.17 bits per heavy atom. The third-order valence-corrected chi connectivity index (χ3v) is 3.21. The molecule has 0 aromatic carbocycles. The predicted molar refractivity (Wildman–Crippen MR) is 50.5 cm³/mol. The Balaban J connectivity index is 1.94. The third-order valence-electron chi connectivity index (χ3n) is 3.21. The second kappa shape index (κ2) is 3.08. The number of hydrogen-bond acceptors (Lipinski definition) is 1. The molecule has 1 unspecified atom stereocenters. The molecule has 2 fully saturated rings. The van der Waals surface area contributed by atoms with Crippen LogP contribution in [0.25, 0.3) is 0 Å². The molecule has 2 aliphatic rings. The van der Waals surface area contributed by atoms with Gasteiger partial charge < -0.3 is 4.90 Å². The quantitative estimate of drug-likeness (QED) is 0.669. The van der Waals surface area contributed by atoms with Crippen LogP contribution in [-0.4, -0.2) is 23.3 Å². The molecule has 2 heteroatoms. The zero-order valence-electron chi connectivity index (χ0n) is 7.84. The summed E-state index contributed by atoms with van der Waals surface area (Å²) in [4.78, 5) is 2.32. The Bertz CT molecular complexity index is 184. The van der Waals surface area contributed by atoms with Gasteiger partial charge in [-0.3, -0.25) is 5.41 Å². The topological polar surface area (TPSA) is 27.1 Å². The molecular weight excluding hydrogens is 148 g/mol. The molecule has 1 aliphatic heterocycles. The first-order chi connectivity index (χ1) is 5.79. The smallest absolute Gasteiger partial charge is 0.0960 e. The van der Waals surface area contributed by atoms with Gasteiger partial charge in [0.1, 0.15) is 0 Å². The highest BCUT2D eigenvalue weighted by molar-refractivity contribution is 5.80. The number of piperidine rings is 1. The van der Waals surface area contributed by atoms with E-state index in [1.165, 1.54) is 25.7 Å². The van der Waals surface area contributed by atoms with Crippen LogP contribution in [-0.2, 0) is 0 Å². The maximum Gasteiger partial charge on any atom is 0.0960 e. The average molecular weight is 166 g/mol. The van der Waals surface area contributed by atoms with E-state index in [0.29, 0.717) is 6.04 Å². The standard InChI is InChI=1S/C10H18N2/c1-8(9-5-6-9)12-7-3-2-4-10(12)11/h8-9,11H,2-7H2,1H3. The summed E-state index contributed by atoms with van der Waals surface area (Å²) in [6.07, 6.45) is 6.32. The van der Waals surface area contributed by atoms with E-state index in [-0.39, 0.29) is 0 Å². The van der Waals surface area contributed by atoms with Gasteiger partial charge in [0.15, 0.2) is 0 Å². The molecular formula is C10H18N2. The van der Waals surface area contributed by atoms with Crippen molar-refractivity contribution in [1.82, 2.24) is 4.90 Å². The van der Waals surface area contributed by atoms with Crippen LogP contribution >= 0.6 is 0 Å². The van der Waals surface area contributed by atoms with Crippen molar-refractivity contribution in [3.63, 3.8) is 0 Å². The number of nitrogens with one attached hydrogen (secondary N) is 1. The molecule has 2 nitrogen and oxygen atoms in total. The average Bonchev–Trinajstić information content (AvgIpc) is 2.86.